The molecule has 1 atom stereocenters. The van der Waals surface area contributed by atoms with Gasteiger partial charge in [-0.15, -0.1) is 0 Å². The van der Waals surface area contributed by atoms with Crippen LogP contribution in [0.5, 0.6) is 0 Å². The topological polar surface area (TPSA) is 55.1 Å². The summed E-state index contributed by atoms with van der Waals surface area (Å²) in [7, 11) is 0. The van der Waals surface area contributed by atoms with Crippen molar-refractivity contribution in [2.24, 2.45) is 35.3 Å². The molecule has 4 fully saturated rings. The number of carbonyl (C=O) groups excluding carboxylic acids is 1. The van der Waals surface area contributed by atoms with Crippen LogP contribution < -0.4 is 11.1 Å². The van der Waals surface area contributed by atoms with Gasteiger partial charge in [0.2, 0.25) is 5.91 Å². The molecule has 0 aliphatic heterocycles. The first kappa shape index (κ1) is 12.5. The predicted octanol–water partition coefficient (Wildman–Crippen LogP) is 1.91. The molecule has 4 aliphatic carbocycles. The van der Waals surface area contributed by atoms with Crippen LogP contribution in [0.15, 0.2) is 0 Å². The molecule has 0 spiro atoms. The van der Waals surface area contributed by atoms with Crippen molar-refractivity contribution in [2.75, 3.05) is 6.54 Å². The summed E-state index contributed by atoms with van der Waals surface area (Å²) in [5.41, 5.74) is 5.25. The highest BCUT2D eigenvalue weighted by Gasteiger charge is 2.55. The second-order valence-electron chi connectivity index (χ2n) is 7.05. The molecule has 4 aliphatic rings. The first-order valence-corrected chi connectivity index (χ1v) is 7.59. The molecule has 0 aromatic rings. The maximum Gasteiger partial charge on any atom is 0.237 e. The molecule has 3 N–H and O–H groups in total. The summed E-state index contributed by atoms with van der Waals surface area (Å²) in [5, 5.41) is 3.41. The van der Waals surface area contributed by atoms with E-state index in [0.717, 1.165) is 30.2 Å². The third-order valence-corrected chi connectivity index (χ3v) is 5.95. The quantitative estimate of drug-likeness (QED) is 0.801. The van der Waals surface area contributed by atoms with E-state index in [1.807, 2.05) is 6.92 Å². The van der Waals surface area contributed by atoms with Crippen molar-refractivity contribution >= 4 is 5.91 Å². The van der Waals surface area contributed by atoms with E-state index in [0.29, 0.717) is 5.92 Å². The van der Waals surface area contributed by atoms with Gasteiger partial charge in [-0.1, -0.05) is 6.92 Å². The van der Waals surface area contributed by atoms with Crippen LogP contribution in [0.3, 0.4) is 0 Å². The molecular weight excluding hydrogens is 224 g/mol. The highest BCUT2D eigenvalue weighted by Crippen LogP contribution is 2.58. The van der Waals surface area contributed by atoms with Crippen LogP contribution >= 0.6 is 0 Å². The van der Waals surface area contributed by atoms with Crippen LogP contribution in [-0.4, -0.2) is 18.0 Å². The van der Waals surface area contributed by atoms with Crippen molar-refractivity contribution < 1.29 is 4.79 Å². The van der Waals surface area contributed by atoms with Gasteiger partial charge >= 0.3 is 0 Å². The molecule has 1 amide bonds. The number of amides is 1. The number of likely N-dealkylation sites (N-methyl/N-ethyl adjacent to an activating group) is 1. The lowest BCUT2D eigenvalue weighted by Crippen LogP contribution is -2.65. The molecular formula is C15H26N2O. The SMILES string of the molecule is CCNC(C)(C(N)=O)C1C2CC3CC(C2)CC1C3. The monoisotopic (exact) mass is 250 g/mol. The number of carbonyl (C=O) groups is 1. The van der Waals surface area contributed by atoms with E-state index < -0.39 is 5.54 Å². The van der Waals surface area contributed by atoms with Crippen molar-refractivity contribution in [3.63, 3.8) is 0 Å². The molecule has 4 saturated carbocycles. The summed E-state index contributed by atoms with van der Waals surface area (Å²) in [6, 6.07) is 0. The zero-order valence-electron chi connectivity index (χ0n) is 11.6. The molecule has 4 bridgehead atoms. The average molecular weight is 250 g/mol. The number of hydrogen-bond acceptors (Lipinski definition) is 2. The lowest BCUT2D eigenvalue weighted by molar-refractivity contribution is -0.136. The molecule has 18 heavy (non-hydrogen) atoms. The predicted molar refractivity (Wildman–Crippen MR) is 71.8 cm³/mol. The van der Waals surface area contributed by atoms with Crippen molar-refractivity contribution in [3.05, 3.63) is 0 Å². The standard InChI is InChI=1S/C15H26N2O/c1-3-17-15(2,14(16)18)13-11-5-9-4-10(7-11)8-12(13)6-9/h9-13,17H,3-8H2,1-2H3,(H2,16,18). The van der Waals surface area contributed by atoms with Crippen LogP contribution in [0.25, 0.3) is 0 Å². The Bertz CT molecular complexity index is 326. The Balaban J connectivity index is 1.88. The highest BCUT2D eigenvalue weighted by molar-refractivity contribution is 5.84. The minimum Gasteiger partial charge on any atom is -0.368 e. The summed E-state index contributed by atoms with van der Waals surface area (Å²) in [6.45, 7) is 4.94. The van der Waals surface area contributed by atoms with Crippen LogP contribution in [-0.2, 0) is 4.79 Å². The average Bonchev–Trinajstić information content (AvgIpc) is 2.27. The Labute approximate surface area is 110 Å². The van der Waals surface area contributed by atoms with Gasteiger partial charge in [-0.25, -0.2) is 0 Å². The van der Waals surface area contributed by atoms with Gasteiger partial charge in [0.15, 0.2) is 0 Å². The largest absolute Gasteiger partial charge is 0.368 e. The molecule has 102 valence electrons. The fraction of sp³-hybridized carbons (Fsp3) is 0.933. The zero-order chi connectivity index (χ0) is 12.9. The summed E-state index contributed by atoms with van der Waals surface area (Å²) in [5.74, 6) is 3.69. The smallest absolute Gasteiger partial charge is 0.237 e. The lowest BCUT2D eigenvalue weighted by atomic mass is 9.48. The van der Waals surface area contributed by atoms with E-state index in [9.17, 15) is 4.79 Å². The third kappa shape index (κ3) is 1.70. The molecule has 0 saturated heterocycles. The van der Waals surface area contributed by atoms with Gasteiger partial charge < -0.3 is 11.1 Å². The Hall–Kier alpha value is -0.570. The third-order valence-electron chi connectivity index (χ3n) is 5.95. The van der Waals surface area contributed by atoms with Gasteiger partial charge in [0.1, 0.15) is 0 Å². The van der Waals surface area contributed by atoms with Gasteiger partial charge in [-0.05, 0) is 75.2 Å². The molecule has 1 unspecified atom stereocenters. The van der Waals surface area contributed by atoms with E-state index in [1.165, 1.54) is 32.1 Å². The van der Waals surface area contributed by atoms with Crippen molar-refractivity contribution in [1.29, 1.82) is 0 Å². The first-order chi connectivity index (χ1) is 8.54. The van der Waals surface area contributed by atoms with Crippen LogP contribution in [0.4, 0.5) is 0 Å². The molecule has 4 rings (SSSR count). The summed E-state index contributed by atoms with van der Waals surface area (Å²) < 4.78 is 0. The van der Waals surface area contributed by atoms with E-state index in [4.69, 9.17) is 5.73 Å². The fourth-order valence-corrected chi connectivity index (χ4v) is 5.60. The molecule has 0 heterocycles. The first-order valence-electron chi connectivity index (χ1n) is 7.59. The second-order valence-corrected chi connectivity index (χ2v) is 7.05. The maximum absolute atomic E-state index is 12.0. The molecule has 0 radical (unpaired) electrons. The van der Waals surface area contributed by atoms with E-state index in [1.54, 1.807) is 0 Å². The van der Waals surface area contributed by atoms with Crippen LogP contribution in [0.2, 0.25) is 0 Å². The number of hydrogen-bond donors (Lipinski definition) is 2. The Morgan fingerprint density at radius 3 is 2.06 bits per heavy atom. The van der Waals surface area contributed by atoms with Gasteiger partial charge in [0, 0.05) is 0 Å². The van der Waals surface area contributed by atoms with Gasteiger partial charge in [0.05, 0.1) is 5.54 Å². The number of primary amides is 1. The molecule has 0 aromatic heterocycles. The fourth-order valence-electron chi connectivity index (χ4n) is 5.60. The normalized spacial score (nSPS) is 44.9. The van der Waals surface area contributed by atoms with E-state index in [2.05, 4.69) is 12.2 Å². The summed E-state index contributed by atoms with van der Waals surface area (Å²) in [6.07, 6.45) is 6.81. The van der Waals surface area contributed by atoms with Gasteiger partial charge in [-0.3, -0.25) is 4.79 Å². The van der Waals surface area contributed by atoms with Crippen molar-refractivity contribution in [3.8, 4) is 0 Å². The second kappa shape index (κ2) is 4.22. The van der Waals surface area contributed by atoms with E-state index >= 15 is 0 Å². The minimum atomic E-state index is -0.489. The Kier molecular flexibility index (Phi) is 2.92. The number of nitrogens with two attached hydrogens (primary N) is 1. The maximum atomic E-state index is 12.0. The molecule has 3 nitrogen and oxygen atoms in total. The number of rotatable bonds is 4. The molecule has 0 aromatic carbocycles. The number of nitrogens with one attached hydrogen (secondary N) is 1. The Morgan fingerprint density at radius 2 is 1.67 bits per heavy atom. The van der Waals surface area contributed by atoms with E-state index in [-0.39, 0.29) is 5.91 Å². The lowest BCUT2D eigenvalue weighted by Gasteiger charge is -2.58. The zero-order valence-corrected chi connectivity index (χ0v) is 11.6. The van der Waals surface area contributed by atoms with Crippen molar-refractivity contribution in [1.82, 2.24) is 5.32 Å². The van der Waals surface area contributed by atoms with Crippen LogP contribution in [0, 0.1) is 29.6 Å². The minimum absolute atomic E-state index is 0.151. The molecule has 3 heteroatoms. The van der Waals surface area contributed by atoms with Crippen LogP contribution in [0.1, 0.15) is 46.0 Å². The Morgan fingerprint density at radius 1 is 1.17 bits per heavy atom. The van der Waals surface area contributed by atoms with Gasteiger partial charge in [-0.2, -0.15) is 0 Å². The van der Waals surface area contributed by atoms with Crippen molar-refractivity contribution in [2.45, 2.75) is 51.5 Å². The van der Waals surface area contributed by atoms with Gasteiger partial charge in [0.25, 0.3) is 0 Å². The highest BCUT2D eigenvalue weighted by atomic mass is 16.1. The summed E-state index contributed by atoms with van der Waals surface area (Å²) >= 11 is 0. The summed E-state index contributed by atoms with van der Waals surface area (Å²) in [4.78, 5) is 12.0.